The van der Waals surface area contributed by atoms with Crippen molar-refractivity contribution >= 4 is 86.4 Å². The van der Waals surface area contributed by atoms with Crippen molar-refractivity contribution in [2.45, 2.75) is 11.7 Å². The van der Waals surface area contributed by atoms with E-state index in [9.17, 15) is 9.59 Å². The summed E-state index contributed by atoms with van der Waals surface area (Å²) >= 11 is 26.8. The van der Waals surface area contributed by atoms with Crippen molar-refractivity contribution in [2.24, 2.45) is 0 Å². The second-order valence-electron chi connectivity index (χ2n) is 6.81. The van der Waals surface area contributed by atoms with Crippen LogP contribution in [0.2, 0.25) is 20.1 Å². The van der Waals surface area contributed by atoms with Crippen molar-refractivity contribution in [1.29, 1.82) is 0 Å². The Morgan fingerprint density at radius 2 is 1.83 bits per heavy atom. The number of rotatable bonds is 8. The Balaban J connectivity index is 1.55. The number of carbonyl (C=O) groups excluding carboxylic acids is 2. The number of anilines is 1. The summed E-state index contributed by atoms with van der Waals surface area (Å²) in [4.78, 5) is 29.0. The Bertz CT molecular complexity index is 1380. The van der Waals surface area contributed by atoms with Crippen molar-refractivity contribution in [3.63, 3.8) is 0 Å². The first kappa shape index (κ1) is 25.7. The molecule has 2 amide bonds. The molecule has 0 aliphatic carbocycles. The molecule has 8 nitrogen and oxygen atoms in total. The molecule has 0 fully saturated rings. The van der Waals surface area contributed by atoms with Gasteiger partial charge < -0.3 is 10.6 Å². The molecule has 35 heavy (non-hydrogen) atoms. The number of amides is 2. The summed E-state index contributed by atoms with van der Waals surface area (Å²) in [6.07, 6.45) is 1.60. The first-order chi connectivity index (χ1) is 16.8. The molecular formula is C21H14Cl4N6O2S2. The van der Waals surface area contributed by atoms with E-state index in [-0.39, 0.29) is 28.8 Å². The number of thioether (sulfide) groups is 1. The lowest BCUT2D eigenvalue weighted by atomic mass is 10.2. The second kappa shape index (κ2) is 11.6. The molecule has 14 heteroatoms. The molecule has 2 heterocycles. The summed E-state index contributed by atoms with van der Waals surface area (Å²) in [7, 11) is 0. The highest BCUT2D eigenvalue weighted by Gasteiger charge is 2.19. The number of aromatic nitrogens is 4. The van der Waals surface area contributed by atoms with Gasteiger partial charge in [-0.3, -0.25) is 14.2 Å². The fourth-order valence-electron chi connectivity index (χ4n) is 2.89. The van der Waals surface area contributed by atoms with Crippen LogP contribution < -0.4 is 10.6 Å². The van der Waals surface area contributed by atoms with Gasteiger partial charge in [-0.15, -0.1) is 21.5 Å². The van der Waals surface area contributed by atoms with Crippen LogP contribution in [0.5, 0.6) is 0 Å². The van der Waals surface area contributed by atoms with Crippen molar-refractivity contribution < 1.29 is 9.59 Å². The number of carbonyl (C=O) groups is 2. The van der Waals surface area contributed by atoms with Gasteiger partial charge >= 0.3 is 0 Å². The number of hydrogen-bond acceptors (Lipinski definition) is 7. The van der Waals surface area contributed by atoms with E-state index < -0.39 is 5.91 Å². The van der Waals surface area contributed by atoms with Gasteiger partial charge in [-0.2, -0.15) is 0 Å². The summed E-state index contributed by atoms with van der Waals surface area (Å²) < 4.78 is 1.69. The number of hydrogen-bond donors (Lipinski definition) is 2. The highest BCUT2D eigenvalue weighted by atomic mass is 35.5. The van der Waals surface area contributed by atoms with Crippen molar-refractivity contribution in [1.82, 2.24) is 25.1 Å². The molecule has 2 aromatic carbocycles. The largest absolute Gasteiger partial charge is 0.345 e. The van der Waals surface area contributed by atoms with Crippen molar-refractivity contribution in [3.05, 3.63) is 79.5 Å². The lowest BCUT2D eigenvalue weighted by Crippen LogP contribution is -2.25. The second-order valence-corrected chi connectivity index (χ2v) is 10.3. The molecule has 4 rings (SSSR count). The van der Waals surface area contributed by atoms with Crippen LogP contribution in [0.1, 0.15) is 16.2 Å². The van der Waals surface area contributed by atoms with Gasteiger partial charge in [0.2, 0.25) is 5.91 Å². The molecule has 0 atom stereocenters. The Morgan fingerprint density at radius 1 is 1.00 bits per heavy atom. The Hall–Kier alpha value is -2.34. The van der Waals surface area contributed by atoms with Gasteiger partial charge in [-0.25, -0.2) is 4.98 Å². The van der Waals surface area contributed by atoms with E-state index in [4.69, 9.17) is 46.4 Å². The number of nitrogens with zero attached hydrogens (tertiary/aromatic N) is 4. The van der Waals surface area contributed by atoms with E-state index >= 15 is 0 Å². The van der Waals surface area contributed by atoms with E-state index in [0.717, 1.165) is 0 Å². The number of thiazole rings is 1. The molecule has 4 aromatic rings. The minimum absolute atomic E-state index is 0.0247. The summed E-state index contributed by atoms with van der Waals surface area (Å²) in [6, 6.07) is 9.62. The maximum absolute atomic E-state index is 12.7. The third-order valence-electron chi connectivity index (χ3n) is 4.46. The average molecular weight is 588 g/mol. The van der Waals surface area contributed by atoms with Crippen LogP contribution in [-0.4, -0.2) is 37.3 Å². The molecule has 0 aliphatic rings. The van der Waals surface area contributed by atoms with Gasteiger partial charge in [0.25, 0.3) is 5.91 Å². The fraction of sp³-hybridized carbons (Fsp3) is 0.0952. The third-order valence-corrected chi connectivity index (χ3v) is 7.36. The molecule has 0 radical (unpaired) electrons. The first-order valence-electron chi connectivity index (χ1n) is 9.77. The molecule has 0 saturated carbocycles. The molecule has 0 spiro atoms. The predicted octanol–water partition coefficient (Wildman–Crippen LogP) is 6.00. The van der Waals surface area contributed by atoms with E-state index in [0.29, 0.717) is 36.9 Å². The van der Waals surface area contributed by atoms with Gasteiger partial charge in [-0.05, 0) is 36.4 Å². The first-order valence-corrected chi connectivity index (χ1v) is 13.1. The van der Waals surface area contributed by atoms with Crippen LogP contribution in [0.25, 0.3) is 5.69 Å². The normalized spacial score (nSPS) is 10.9. The van der Waals surface area contributed by atoms with Gasteiger partial charge in [0.1, 0.15) is 0 Å². The van der Waals surface area contributed by atoms with Crippen LogP contribution in [0, 0.1) is 0 Å². The summed E-state index contributed by atoms with van der Waals surface area (Å²) in [5, 5.41) is 18.0. The molecule has 2 N–H and O–H groups in total. The van der Waals surface area contributed by atoms with Crippen LogP contribution in [0.15, 0.2) is 53.1 Å². The Morgan fingerprint density at radius 3 is 2.54 bits per heavy atom. The monoisotopic (exact) mass is 586 g/mol. The van der Waals surface area contributed by atoms with E-state index in [1.165, 1.54) is 35.2 Å². The zero-order valence-corrected chi connectivity index (χ0v) is 22.1. The van der Waals surface area contributed by atoms with Crippen LogP contribution in [-0.2, 0) is 11.3 Å². The van der Waals surface area contributed by atoms with Crippen molar-refractivity contribution in [3.8, 4) is 5.69 Å². The predicted molar refractivity (Wildman–Crippen MR) is 140 cm³/mol. The molecule has 0 unspecified atom stereocenters. The fourth-order valence-corrected chi connectivity index (χ4v) is 4.99. The van der Waals surface area contributed by atoms with Crippen LogP contribution in [0.3, 0.4) is 0 Å². The summed E-state index contributed by atoms with van der Waals surface area (Å²) in [5.41, 5.74) is 0.881. The summed E-state index contributed by atoms with van der Waals surface area (Å²) in [5.74, 6) is -0.191. The van der Waals surface area contributed by atoms with Gasteiger partial charge in [0.05, 0.1) is 38.6 Å². The summed E-state index contributed by atoms with van der Waals surface area (Å²) in [6.45, 7) is 0.0247. The van der Waals surface area contributed by atoms with E-state index in [1.807, 2.05) is 0 Å². The Kier molecular flexibility index (Phi) is 8.53. The number of benzene rings is 2. The zero-order valence-electron chi connectivity index (χ0n) is 17.5. The zero-order chi connectivity index (χ0) is 24.9. The van der Waals surface area contributed by atoms with Crippen molar-refractivity contribution in [2.75, 3.05) is 11.1 Å². The van der Waals surface area contributed by atoms with Crippen LogP contribution >= 0.6 is 69.5 Å². The quantitative estimate of drug-likeness (QED) is 0.245. The van der Waals surface area contributed by atoms with Gasteiger partial charge in [-0.1, -0.05) is 58.2 Å². The number of nitrogens with one attached hydrogen (secondary N) is 2. The average Bonchev–Trinajstić information content (AvgIpc) is 3.47. The Labute approximate surface area is 228 Å². The topological polar surface area (TPSA) is 102 Å². The highest BCUT2D eigenvalue weighted by Crippen LogP contribution is 2.28. The minimum atomic E-state index is -0.410. The third kappa shape index (κ3) is 6.46. The van der Waals surface area contributed by atoms with Crippen LogP contribution in [0.4, 0.5) is 5.13 Å². The maximum Gasteiger partial charge on any atom is 0.253 e. The molecule has 180 valence electrons. The highest BCUT2D eigenvalue weighted by molar-refractivity contribution is 7.99. The molecule has 2 aromatic heterocycles. The molecular weight excluding hydrogens is 574 g/mol. The van der Waals surface area contributed by atoms with Gasteiger partial charge in [0, 0.05) is 16.6 Å². The molecule has 0 bridgehead atoms. The lowest BCUT2D eigenvalue weighted by molar-refractivity contribution is -0.113. The maximum atomic E-state index is 12.7. The molecule has 0 saturated heterocycles. The van der Waals surface area contributed by atoms with Gasteiger partial charge in [0.15, 0.2) is 16.1 Å². The SMILES string of the molecule is O=C(CSc1nnc(CNC(=O)c2ccc(Cl)cc2Cl)n1-c1ccc(Cl)c(Cl)c1)Nc1nccs1. The lowest BCUT2D eigenvalue weighted by Gasteiger charge is -2.12. The van der Waals surface area contributed by atoms with E-state index in [2.05, 4.69) is 25.8 Å². The standard InChI is InChI=1S/C21H14Cl4N6O2S2/c22-11-1-3-13(15(24)7-11)19(33)27-9-17-29-30-21(31(17)12-2-4-14(23)16(25)8-12)35-10-18(32)28-20-26-5-6-34-20/h1-8H,9-10H2,(H,27,33)(H,26,28,32). The van der Waals surface area contributed by atoms with E-state index in [1.54, 1.807) is 40.4 Å². The number of halogens is 4. The smallest absolute Gasteiger partial charge is 0.253 e. The minimum Gasteiger partial charge on any atom is -0.345 e. The molecule has 0 aliphatic heterocycles.